The van der Waals surface area contributed by atoms with Crippen LogP contribution in [0.3, 0.4) is 0 Å². The summed E-state index contributed by atoms with van der Waals surface area (Å²) in [6, 6.07) is -1.01. The molecule has 0 spiro atoms. The van der Waals surface area contributed by atoms with E-state index in [-0.39, 0.29) is 6.61 Å². The molecule has 0 aliphatic carbocycles. The molecule has 1 fully saturated rings. The molecule has 1 aliphatic rings. The van der Waals surface area contributed by atoms with E-state index in [1.165, 1.54) is 135 Å². The zero-order valence-electron chi connectivity index (χ0n) is 42.0. The molecule has 0 aromatic carbocycles. The fraction of sp³-hybridized carbons (Fsp3) is 0.804. The van der Waals surface area contributed by atoms with Crippen molar-refractivity contribution in [1.29, 1.82) is 0 Å². The molecule has 0 radical (unpaired) electrons. The maximum absolute atomic E-state index is 13.1. The smallest absolute Gasteiger partial charge is 0.249 e. The summed E-state index contributed by atoms with van der Waals surface area (Å²) in [6.45, 7) is 3.59. The first kappa shape index (κ1) is 61.9. The average molecular weight is 932 g/mol. The molecule has 0 saturated carbocycles. The minimum Gasteiger partial charge on any atom is -0.394 e. The lowest BCUT2D eigenvalue weighted by Gasteiger charge is -2.40. The predicted molar refractivity (Wildman–Crippen MR) is 273 cm³/mol. The standard InChI is InChI=1S/C56H101NO9/c1-3-5-7-9-11-13-15-17-19-21-22-23-24-25-26-27-29-31-33-35-37-39-41-43-45-50(60)55(64)57-48(47-65-56-54(63)53(62)52(61)51(46-58)66-56)49(59)44-42-40-38-36-34-32-30-28-20-18-16-14-12-10-8-6-4-2/h20,22-23,25-26,28,34,36,42,44,48-54,56,58-63H,3-19,21,24,27,29-33,35,37-41,43,45-47H2,1-2H3,(H,57,64)/b23-22-,26-25-,28-20+,36-34+,44-42+. The minimum atomic E-state index is -1.62. The maximum Gasteiger partial charge on any atom is 0.249 e. The van der Waals surface area contributed by atoms with Crippen molar-refractivity contribution in [3.63, 3.8) is 0 Å². The van der Waals surface area contributed by atoms with Crippen LogP contribution in [-0.2, 0) is 14.3 Å². The summed E-state index contributed by atoms with van der Waals surface area (Å²) >= 11 is 0. The quantitative estimate of drug-likeness (QED) is 0.0232. The van der Waals surface area contributed by atoms with Crippen molar-refractivity contribution in [2.45, 2.75) is 275 Å². The number of hydrogen-bond donors (Lipinski definition) is 7. The van der Waals surface area contributed by atoms with Gasteiger partial charge in [0.25, 0.3) is 0 Å². The number of ether oxygens (including phenoxy) is 2. The van der Waals surface area contributed by atoms with E-state index < -0.39 is 61.5 Å². The van der Waals surface area contributed by atoms with E-state index in [0.29, 0.717) is 19.3 Å². The maximum atomic E-state index is 13.1. The van der Waals surface area contributed by atoms with Gasteiger partial charge in [0.15, 0.2) is 6.29 Å². The van der Waals surface area contributed by atoms with Crippen molar-refractivity contribution >= 4 is 5.91 Å². The number of carbonyl (C=O) groups is 1. The number of aliphatic hydroxyl groups is 6. The number of carbonyl (C=O) groups excluding carboxylic acids is 1. The van der Waals surface area contributed by atoms with Gasteiger partial charge in [0.2, 0.25) is 5.91 Å². The highest BCUT2D eigenvalue weighted by Crippen LogP contribution is 2.23. The summed E-state index contributed by atoms with van der Waals surface area (Å²) in [4.78, 5) is 13.1. The Morgan fingerprint density at radius 3 is 1.41 bits per heavy atom. The molecule has 7 N–H and O–H groups in total. The van der Waals surface area contributed by atoms with Crippen LogP contribution in [0.25, 0.3) is 0 Å². The normalized spacial score (nSPS) is 20.8. The first-order chi connectivity index (χ1) is 32.3. The van der Waals surface area contributed by atoms with E-state index in [4.69, 9.17) is 9.47 Å². The van der Waals surface area contributed by atoms with Gasteiger partial charge in [-0.3, -0.25) is 4.79 Å². The van der Waals surface area contributed by atoms with Crippen molar-refractivity contribution < 1.29 is 44.9 Å². The summed E-state index contributed by atoms with van der Waals surface area (Å²) in [5.74, 6) is -0.636. The summed E-state index contributed by atoms with van der Waals surface area (Å²) < 4.78 is 11.2. The highest BCUT2D eigenvalue weighted by atomic mass is 16.7. The van der Waals surface area contributed by atoms with Gasteiger partial charge in [-0.25, -0.2) is 0 Å². The second-order valence-electron chi connectivity index (χ2n) is 18.8. The molecular weight excluding hydrogens is 831 g/mol. The molecule has 1 rings (SSSR count). The highest BCUT2D eigenvalue weighted by Gasteiger charge is 2.44. The largest absolute Gasteiger partial charge is 0.394 e. The summed E-state index contributed by atoms with van der Waals surface area (Å²) in [7, 11) is 0. The van der Waals surface area contributed by atoms with Crippen LogP contribution in [0.4, 0.5) is 0 Å². The van der Waals surface area contributed by atoms with Crippen molar-refractivity contribution in [2.24, 2.45) is 0 Å². The van der Waals surface area contributed by atoms with Crippen LogP contribution in [-0.4, -0.2) is 98.7 Å². The van der Waals surface area contributed by atoms with Crippen LogP contribution in [0.1, 0.15) is 226 Å². The lowest BCUT2D eigenvalue weighted by Crippen LogP contribution is -2.60. The van der Waals surface area contributed by atoms with E-state index in [1.54, 1.807) is 6.08 Å². The monoisotopic (exact) mass is 932 g/mol. The fourth-order valence-corrected chi connectivity index (χ4v) is 8.22. The molecule has 0 bridgehead atoms. The molecule has 66 heavy (non-hydrogen) atoms. The highest BCUT2D eigenvalue weighted by molar-refractivity contribution is 5.80. The molecule has 1 heterocycles. The van der Waals surface area contributed by atoms with Crippen LogP contribution in [0.5, 0.6) is 0 Å². The van der Waals surface area contributed by atoms with E-state index >= 15 is 0 Å². The Hall–Kier alpha value is -2.15. The molecule has 1 amide bonds. The Labute approximate surface area is 403 Å². The molecule has 384 valence electrons. The third-order valence-corrected chi connectivity index (χ3v) is 12.7. The molecule has 8 unspecified atom stereocenters. The molecule has 10 heteroatoms. The van der Waals surface area contributed by atoms with Gasteiger partial charge in [-0.2, -0.15) is 0 Å². The Morgan fingerprint density at radius 2 is 0.939 bits per heavy atom. The number of unbranched alkanes of at least 4 members (excludes halogenated alkanes) is 26. The number of hydrogen-bond acceptors (Lipinski definition) is 9. The first-order valence-electron chi connectivity index (χ1n) is 27.1. The number of rotatable bonds is 45. The van der Waals surface area contributed by atoms with Gasteiger partial charge in [-0.05, 0) is 77.0 Å². The van der Waals surface area contributed by atoms with Gasteiger partial charge in [-0.15, -0.1) is 0 Å². The predicted octanol–water partition coefficient (Wildman–Crippen LogP) is 11.7. The number of allylic oxidation sites excluding steroid dienone is 9. The molecule has 1 saturated heterocycles. The second-order valence-corrected chi connectivity index (χ2v) is 18.8. The topological polar surface area (TPSA) is 169 Å². The second kappa shape index (κ2) is 45.3. The third kappa shape index (κ3) is 34.2. The van der Waals surface area contributed by atoms with Gasteiger partial charge in [0, 0.05) is 0 Å². The Morgan fingerprint density at radius 1 is 0.530 bits per heavy atom. The SMILES string of the molecule is CCCCCCCCC/C=C/CC/C=C/CC/C=C/C(O)C(COC1OC(CO)C(O)C(O)C1O)NC(=O)C(O)CCCCCCCCCC/C=C\C/C=C\CCCCCCCCCCC. The Kier molecular flexibility index (Phi) is 42.5. The lowest BCUT2D eigenvalue weighted by molar-refractivity contribution is -0.302. The van der Waals surface area contributed by atoms with E-state index in [0.717, 1.165) is 57.8 Å². The number of amides is 1. The summed E-state index contributed by atoms with van der Waals surface area (Å²) in [5.41, 5.74) is 0. The minimum absolute atomic E-state index is 0.292. The molecule has 0 aromatic heterocycles. The van der Waals surface area contributed by atoms with Crippen molar-refractivity contribution in [3.8, 4) is 0 Å². The lowest BCUT2D eigenvalue weighted by atomic mass is 9.99. The van der Waals surface area contributed by atoms with Crippen LogP contribution in [0.2, 0.25) is 0 Å². The van der Waals surface area contributed by atoms with Crippen LogP contribution < -0.4 is 5.32 Å². The van der Waals surface area contributed by atoms with Gasteiger partial charge in [0.05, 0.1) is 25.4 Å². The molecule has 0 aromatic rings. The number of nitrogens with one attached hydrogen (secondary N) is 1. The van der Waals surface area contributed by atoms with Crippen molar-refractivity contribution in [2.75, 3.05) is 13.2 Å². The van der Waals surface area contributed by atoms with E-state index in [1.807, 2.05) is 6.08 Å². The van der Waals surface area contributed by atoms with E-state index in [9.17, 15) is 35.4 Å². The van der Waals surface area contributed by atoms with Crippen LogP contribution in [0.15, 0.2) is 60.8 Å². The van der Waals surface area contributed by atoms with Crippen molar-refractivity contribution in [3.05, 3.63) is 60.8 Å². The zero-order valence-corrected chi connectivity index (χ0v) is 42.0. The summed E-state index contributed by atoms with van der Waals surface area (Å²) in [6.07, 6.45) is 50.3. The first-order valence-corrected chi connectivity index (χ1v) is 27.1. The van der Waals surface area contributed by atoms with E-state index in [2.05, 4.69) is 67.8 Å². The van der Waals surface area contributed by atoms with Gasteiger partial charge < -0.3 is 45.4 Å². The van der Waals surface area contributed by atoms with Crippen molar-refractivity contribution in [1.82, 2.24) is 5.32 Å². The van der Waals surface area contributed by atoms with Gasteiger partial charge in [-0.1, -0.05) is 209 Å². The molecule has 1 aliphatic heterocycles. The average Bonchev–Trinajstić information content (AvgIpc) is 3.32. The fourth-order valence-electron chi connectivity index (χ4n) is 8.22. The van der Waals surface area contributed by atoms with Gasteiger partial charge >= 0.3 is 0 Å². The molecule has 10 nitrogen and oxygen atoms in total. The Balaban J connectivity index is 2.34. The Bertz CT molecular complexity index is 1240. The number of aliphatic hydroxyl groups excluding tert-OH is 6. The molecular formula is C56H101NO9. The van der Waals surface area contributed by atoms with Gasteiger partial charge in [0.1, 0.15) is 30.5 Å². The molecule has 8 atom stereocenters. The van der Waals surface area contributed by atoms with Crippen LogP contribution in [0, 0.1) is 0 Å². The van der Waals surface area contributed by atoms with Crippen LogP contribution >= 0.6 is 0 Å². The third-order valence-electron chi connectivity index (χ3n) is 12.7. The summed E-state index contributed by atoms with van der Waals surface area (Å²) in [5, 5.41) is 64.9. The zero-order chi connectivity index (χ0) is 48.1.